The smallest absolute Gasteiger partial charge is 0.266 e. The van der Waals surface area contributed by atoms with Crippen molar-refractivity contribution in [3.63, 3.8) is 0 Å². The molecule has 2 aromatic carbocycles. The average molecular weight is 329 g/mol. The Morgan fingerprint density at radius 1 is 1.35 bits per heavy atom. The highest BCUT2D eigenvalue weighted by atomic mass is 35.5. The second-order valence-corrected chi connectivity index (χ2v) is 4.97. The first-order chi connectivity index (χ1) is 11.0. The second-order valence-electron chi connectivity index (χ2n) is 4.53. The minimum absolute atomic E-state index is 0.140. The fraction of sp³-hybridized carbons (Fsp3) is 0.0588. The summed E-state index contributed by atoms with van der Waals surface area (Å²) in [6, 6.07) is 13.2. The van der Waals surface area contributed by atoms with Crippen molar-refractivity contribution in [3.05, 3.63) is 58.6 Å². The van der Waals surface area contributed by atoms with Gasteiger partial charge in [-0.15, -0.1) is 0 Å². The van der Waals surface area contributed by atoms with Crippen LogP contribution >= 0.6 is 11.6 Å². The molecule has 2 rings (SSSR count). The minimum Gasteiger partial charge on any atom is -0.504 e. The number of carbonyl (C=O) groups is 1. The standard InChI is InChI=1S/C17H13ClN2O3/c1-23-15-7-2-4-11(16(15)21)8-12(10-19)17(22)20-14-6-3-5-13(18)9-14/h2-9,21H,1H3,(H,20,22)/b12-8+. The molecule has 0 bridgehead atoms. The van der Waals surface area contributed by atoms with Crippen LogP contribution < -0.4 is 10.1 Å². The van der Waals surface area contributed by atoms with E-state index in [2.05, 4.69) is 5.32 Å². The maximum Gasteiger partial charge on any atom is 0.266 e. The molecule has 5 nitrogen and oxygen atoms in total. The third-order valence-electron chi connectivity index (χ3n) is 3.00. The van der Waals surface area contributed by atoms with E-state index in [1.807, 2.05) is 6.07 Å². The van der Waals surface area contributed by atoms with Crippen molar-refractivity contribution in [2.24, 2.45) is 0 Å². The number of hydrogen-bond donors (Lipinski definition) is 2. The van der Waals surface area contributed by atoms with Crippen molar-refractivity contribution < 1.29 is 14.6 Å². The molecule has 0 radical (unpaired) electrons. The molecule has 0 aliphatic heterocycles. The van der Waals surface area contributed by atoms with Crippen molar-refractivity contribution in [2.75, 3.05) is 12.4 Å². The van der Waals surface area contributed by atoms with E-state index < -0.39 is 5.91 Å². The number of nitriles is 1. The molecule has 0 aliphatic rings. The molecular weight excluding hydrogens is 316 g/mol. The van der Waals surface area contributed by atoms with Crippen LogP contribution in [0.1, 0.15) is 5.56 Å². The van der Waals surface area contributed by atoms with Crippen molar-refractivity contribution in [2.45, 2.75) is 0 Å². The van der Waals surface area contributed by atoms with Gasteiger partial charge in [0, 0.05) is 16.3 Å². The number of phenols is 1. The molecule has 0 aliphatic carbocycles. The number of anilines is 1. The number of rotatable bonds is 4. The van der Waals surface area contributed by atoms with E-state index >= 15 is 0 Å². The predicted molar refractivity (Wildman–Crippen MR) is 88.3 cm³/mol. The maximum absolute atomic E-state index is 12.2. The van der Waals surface area contributed by atoms with Gasteiger partial charge in [0.2, 0.25) is 0 Å². The van der Waals surface area contributed by atoms with Crippen LogP contribution in [-0.4, -0.2) is 18.1 Å². The largest absolute Gasteiger partial charge is 0.504 e. The molecule has 116 valence electrons. The average Bonchev–Trinajstić information content (AvgIpc) is 2.53. The lowest BCUT2D eigenvalue weighted by Crippen LogP contribution is -2.13. The molecule has 0 atom stereocenters. The number of nitrogens with one attached hydrogen (secondary N) is 1. The molecule has 0 fully saturated rings. The van der Waals surface area contributed by atoms with Gasteiger partial charge in [-0.05, 0) is 30.3 Å². The van der Waals surface area contributed by atoms with Crippen LogP contribution in [0.3, 0.4) is 0 Å². The number of nitrogens with zero attached hydrogens (tertiary/aromatic N) is 1. The Morgan fingerprint density at radius 3 is 2.74 bits per heavy atom. The number of benzene rings is 2. The van der Waals surface area contributed by atoms with E-state index in [9.17, 15) is 15.2 Å². The quantitative estimate of drug-likeness (QED) is 0.663. The van der Waals surface area contributed by atoms with Crippen LogP contribution in [0.2, 0.25) is 5.02 Å². The fourth-order valence-corrected chi connectivity index (χ4v) is 2.08. The van der Waals surface area contributed by atoms with Gasteiger partial charge in [-0.2, -0.15) is 5.26 Å². The zero-order chi connectivity index (χ0) is 16.8. The van der Waals surface area contributed by atoms with Crippen LogP contribution in [-0.2, 0) is 4.79 Å². The molecule has 6 heteroatoms. The lowest BCUT2D eigenvalue weighted by Gasteiger charge is -2.07. The number of halogens is 1. The molecule has 0 saturated carbocycles. The molecule has 0 saturated heterocycles. The summed E-state index contributed by atoms with van der Waals surface area (Å²) < 4.78 is 4.99. The van der Waals surface area contributed by atoms with Gasteiger partial charge in [0.25, 0.3) is 5.91 Å². The van der Waals surface area contributed by atoms with Crippen LogP contribution in [0.15, 0.2) is 48.0 Å². The summed E-state index contributed by atoms with van der Waals surface area (Å²) in [6.07, 6.45) is 1.29. The van der Waals surface area contributed by atoms with Gasteiger partial charge < -0.3 is 15.2 Å². The van der Waals surface area contributed by atoms with Crippen LogP contribution in [0.4, 0.5) is 5.69 Å². The molecule has 2 aromatic rings. The Kier molecular flexibility index (Phi) is 5.23. The monoisotopic (exact) mass is 328 g/mol. The molecule has 0 aromatic heterocycles. The van der Waals surface area contributed by atoms with Crippen LogP contribution in [0.25, 0.3) is 6.08 Å². The summed E-state index contributed by atoms with van der Waals surface area (Å²) in [5.41, 5.74) is 0.620. The lowest BCUT2D eigenvalue weighted by molar-refractivity contribution is -0.112. The molecule has 0 unspecified atom stereocenters. The summed E-state index contributed by atoms with van der Waals surface area (Å²) in [5, 5.41) is 22.2. The number of carbonyl (C=O) groups excluding carboxylic acids is 1. The number of phenolic OH excluding ortho intramolecular Hbond substituents is 1. The number of methoxy groups -OCH3 is 1. The molecule has 1 amide bonds. The maximum atomic E-state index is 12.2. The Bertz CT molecular complexity index is 810. The Morgan fingerprint density at radius 2 is 2.09 bits per heavy atom. The summed E-state index contributed by atoms with van der Waals surface area (Å²) in [5.74, 6) is -0.485. The summed E-state index contributed by atoms with van der Waals surface area (Å²) in [4.78, 5) is 12.2. The van der Waals surface area contributed by atoms with Crippen molar-refractivity contribution in [3.8, 4) is 17.6 Å². The van der Waals surface area contributed by atoms with Crippen LogP contribution in [0, 0.1) is 11.3 Å². The second kappa shape index (κ2) is 7.34. The molecule has 0 heterocycles. The SMILES string of the molecule is COc1cccc(/C=C(\C#N)C(=O)Nc2cccc(Cl)c2)c1O. The van der Waals surface area contributed by atoms with Gasteiger partial charge in [-0.1, -0.05) is 29.8 Å². The first-order valence-electron chi connectivity index (χ1n) is 6.60. The van der Waals surface area contributed by atoms with Crippen molar-refractivity contribution >= 4 is 29.3 Å². The summed E-state index contributed by atoms with van der Waals surface area (Å²) in [7, 11) is 1.42. The normalized spacial score (nSPS) is 10.7. The van der Waals surface area contributed by atoms with Gasteiger partial charge in [0.1, 0.15) is 11.6 Å². The van der Waals surface area contributed by atoms with Gasteiger partial charge in [0.05, 0.1) is 7.11 Å². The fourth-order valence-electron chi connectivity index (χ4n) is 1.89. The van der Waals surface area contributed by atoms with E-state index in [4.69, 9.17) is 16.3 Å². The minimum atomic E-state index is -0.600. The highest BCUT2D eigenvalue weighted by Crippen LogP contribution is 2.31. The van der Waals surface area contributed by atoms with Crippen LogP contribution in [0.5, 0.6) is 11.5 Å². The number of amides is 1. The molecule has 2 N–H and O–H groups in total. The van der Waals surface area contributed by atoms with E-state index in [-0.39, 0.29) is 17.1 Å². The number of ether oxygens (including phenoxy) is 1. The third-order valence-corrected chi connectivity index (χ3v) is 3.23. The highest BCUT2D eigenvalue weighted by Gasteiger charge is 2.12. The van der Waals surface area contributed by atoms with Gasteiger partial charge >= 0.3 is 0 Å². The Hall–Kier alpha value is -2.97. The van der Waals surface area contributed by atoms with E-state index in [0.29, 0.717) is 16.3 Å². The Labute approximate surface area is 138 Å². The number of hydrogen-bond acceptors (Lipinski definition) is 4. The zero-order valence-electron chi connectivity index (χ0n) is 12.2. The molecular formula is C17H13ClN2O3. The van der Waals surface area contributed by atoms with Gasteiger partial charge in [0.15, 0.2) is 11.5 Å². The van der Waals surface area contributed by atoms with Crippen molar-refractivity contribution in [1.82, 2.24) is 0 Å². The number of para-hydroxylation sites is 1. The highest BCUT2D eigenvalue weighted by molar-refractivity contribution is 6.31. The first-order valence-corrected chi connectivity index (χ1v) is 6.97. The molecule has 23 heavy (non-hydrogen) atoms. The third kappa shape index (κ3) is 4.02. The topological polar surface area (TPSA) is 82.3 Å². The molecule has 0 spiro atoms. The van der Waals surface area contributed by atoms with E-state index in [0.717, 1.165) is 0 Å². The zero-order valence-corrected chi connectivity index (χ0v) is 13.0. The number of aromatic hydroxyl groups is 1. The van der Waals surface area contributed by atoms with Gasteiger partial charge in [-0.25, -0.2) is 0 Å². The van der Waals surface area contributed by atoms with Crippen molar-refractivity contribution in [1.29, 1.82) is 5.26 Å². The lowest BCUT2D eigenvalue weighted by atomic mass is 10.1. The predicted octanol–water partition coefficient (Wildman–Crippen LogP) is 3.60. The summed E-state index contributed by atoms with van der Waals surface area (Å²) >= 11 is 5.85. The summed E-state index contributed by atoms with van der Waals surface area (Å²) in [6.45, 7) is 0. The van der Waals surface area contributed by atoms with E-state index in [1.54, 1.807) is 42.5 Å². The first kappa shape index (κ1) is 16.4. The van der Waals surface area contributed by atoms with Gasteiger partial charge in [-0.3, -0.25) is 4.79 Å². The van der Waals surface area contributed by atoms with E-state index in [1.165, 1.54) is 13.2 Å². The Balaban J connectivity index is 2.29.